The Labute approximate surface area is 341 Å². The van der Waals surface area contributed by atoms with Gasteiger partial charge in [0.2, 0.25) is 5.95 Å². The van der Waals surface area contributed by atoms with Gasteiger partial charge in [-0.3, -0.25) is 9.13 Å². The molecule has 0 saturated heterocycles. The zero-order chi connectivity index (χ0) is 39.5. The molecule has 0 radical (unpaired) electrons. The van der Waals surface area contributed by atoms with Crippen molar-refractivity contribution in [3.8, 4) is 45.3 Å². The number of benzene rings is 7. The molecule has 3 unspecified atom stereocenters. The first-order valence-corrected chi connectivity index (χ1v) is 23.4. The summed E-state index contributed by atoms with van der Waals surface area (Å²) in [7, 11) is -6.27. The Morgan fingerprint density at radius 2 is 1.10 bits per heavy atom. The Kier molecular flexibility index (Phi) is 7.42. The molecule has 12 rings (SSSR count). The van der Waals surface area contributed by atoms with Gasteiger partial charge in [-0.15, -0.1) is 10.2 Å². The van der Waals surface area contributed by atoms with Crippen LogP contribution >= 0.6 is 14.3 Å². The van der Waals surface area contributed by atoms with Crippen LogP contribution in [0.5, 0.6) is 0 Å². The summed E-state index contributed by atoms with van der Waals surface area (Å²) < 4.78 is 35.2. The first-order valence-electron chi connectivity index (χ1n) is 20.0. The largest absolute Gasteiger partial charge is 0.309 e. The standard InChI is InChI=1S/C51H36N4O2P2/c1-33-15-14-23-41-38-20-8-11-24-44(38)55(49(33)41)51-53-52-50(34-27-29-47-42(31-34)39-21-9-12-25-45(39)58(47,56)36-16-4-2-5-17-36)54(51)35-28-30-48-43(32-35)40-22-10-13-26-46(40)59(48,57)37-18-6-3-7-19-37/h2-14,16-33H,15H2,1H3. The molecule has 59 heavy (non-hydrogen) atoms. The van der Waals surface area contributed by atoms with Gasteiger partial charge in [0, 0.05) is 60.0 Å². The van der Waals surface area contributed by atoms with Crippen LogP contribution in [0.25, 0.3) is 62.3 Å². The maximum absolute atomic E-state index is 15.4. The lowest BCUT2D eigenvalue weighted by molar-refractivity contribution is 0.592. The van der Waals surface area contributed by atoms with Crippen LogP contribution in [0.15, 0.2) is 176 Å². The van der Waals surface area contributed by atoms with Crippen LogP contribution in [0.1, 0.15) is 30.5 Å². The van der Waals surface area contributed by atoms with Gasteiger partial charge >= 0.3 is 0 Å². The van der Waals surface area contributed by atoms with E-state index in [0.29, 0.717) is 11.8 Å². The molecule has 0 N–H and O–H groups in total. The first-order chi connectivity index (χ1) is 29.0. The van der Waals surface area contributed by atoms with Gasteiger partial charge in [-0.2, -0.15) is 0 Å². The van der Waals surface area contributed by atoms with E-state index in [0.717, 1.165) is 77.3 Å². The number of hydrogen-bond donors (Lipinski definition) is 0. The van der Waals surface area contributed by atoms with Gasteiger partial charge in [0.05, 0.1) is 11.2 Å². The predicted octanol–water partition coefficient (Wildman–Crippen LogP) is 9.64. The van der Waals surface area contributed by atoms with E-state index in [1.54, 1.807) is 0 Å². The summed E-state index contributed by atoms with van der Waals surface area (Å²) >= 11 is 0. The van der Waals surface area contributed by atoms with Gasteiger partial charge in [0.15, 0.2) is 20.1 Å². The van der Waals surface area contributed by atoms with Crippen LogP contribution in [0, 0.1) is 0 Å². The van der Waals surface area contributed by atoms with Gasteiger partial charge in [0.1, 0.15) is 0 Å². The van der Waals surface area contributed by atoms with Crippen molar-refractivity contribution in [2.24, 2.45) is 0 Å². The van der Waals surface area contributed by atoms with Gasteiger partial charge < -0.3 is 9.13 Å². The van der Waals surface area contributed by atoms with E-state index < -0.39 is 14.3 Å². The zero-order valence-corrected chi connectivity index (χ0v) is 33.9. The summed E-state index contributed by atoms with van der Waals surface area (Å²) in [5, 5.41) is 16.3. The molecule has 0 spiro atoms. The molecule has 282 valence electrons. The third-order valence-electron chi connectivity index (χ3n) is 12.5. The highest BCUT2D eigenvalue weighted by atomic mass is 31.2. The molecule has 1 aliphatic carbocycles. The minimum absolute atomic E-state index is 0.239. The van der Waals surface area contributed by atoms with Gasteiger partial charge in [-0.05, 0) is 65.1 Å². The van der Waals surface area contributed by atoms with Crippen molar-refractivity contribution < 1.29 is 9.13 Å². The second-order valence-corrected chi connectivity index (χ2v) is 21.1. The van der Waals surface area contributed by atoms with Crippen molar-refractivity contribution in [2.45, 2.75) is 19.3 Å². The molecule has 3 aliphatic rings. The Morgan fingerprint density at radius 3 is 1.78 bits per heavy atom. The van der Waals surface area contributed by atoms with Crippen LogP contribution in [0.3, 0.4) is 0 Å². The molecule has 0 saturated carbocycles. The minimum atomic E-state index is -3.14. The Bertz CT molecular complexity index is 3350. The maximum atomic E-state index is 15.4. The molecule has 3 atom stereocenters. The van der Waals surface area contributed by atoms with Crippen molar-refractivity contribution >= 4 is 63.1 Å². The quantitative estimate of drug-likeness (QED) is 0.163. The van der Waals surface area contributed by atoms with Crippen LogP contribution in [-0.4, -0.2) is 19.3 Å². The Morgan fingerprint density at radius 1 is 0.542 bits per heavy atom. The number of hydrogen-bond acceptors (Lipinski definition) is 4. The second kappa shape index (κ2) is 12.7. The van der Waals surface area contributed by atoms with Crippen molar-refractivity contribution in [3.63, 3.8) is 0 Å². The van der Waals surface area contributed by atoms with Crippen molar-refractivity contribution in [2.75, 3.05) is 0 Å². The number of para-hydroxylation sites is 1. The molecule has 4 heterocycles. The number of allylic oxidation sites excluding steroid dienone is 1. The number of fused-ring (bicyclic) bond motifs is 9. The molecular formula is C51H36N4O2P2. The molecule has 0 fully saturated rings. The van der Waals surface area contributed by atoms with Crippen LogP contribution < -0.4 is 31.8 Å². The monoisotopic (exact) mass is 798 g/mol. The third kappa shape index (κ3) is 4.70. The van der Waals surface area contributed by atoms with Crippen LogP contribution in [0.4, 0.5) is 0 Å². The lowest BCUT2D eigenvalue weighted by Gasteiger charge is -2.20. The summed E-state index contributed by atoms with van der Waals surface area (Å²) in [6, 6.07) is 56.9. The van der Waals surface area contributed by atoms with Gasteiger partial charge in [-0.25, -0.2) is 0 Å². The molecule has 6 nitrogen and oxygen atoms in total. The molecule has 2 aliphatic heterocycles. The summed E-state index contributed by atoms with van der Waals surface area (Å²) in [5.41, 5.74) is 9.00. The lowest BCUT2D eigenvalue weighted by atomic mass is 9.93. The topological polar surface area (TPSA) is 69.8 Å². The average molecular weight is 799 g/mol. The van der Waals surface area contributed by atoms with E-state index in [2.05, 4.69) is 88.9 Å². The first kappa shape index (κ1) is 34.5. The van der Waals surface area contributed by atoms with Crippen molar-refractivity contribution in [1.82, 2.24) is 19.3 Å². The highest BCUT2D eigenvalue weighted by Gasteiger charge is 2.42. The maximum Gasteiger partial charge on any atom is 0.241 e. The summed E-state index contributed by atoms with van der Waals surface area (Å²) in [4.78, 5) is 0. The fraction of sp³-hybridized carbons (Fsp3) is 0.0588. The number of nitrogens with zero attached hydrogens (tertiary/aromatic N) is 4. The molecule has 2 aromatic heterocycles. The summed E-state index contributed by atoms with van der Waals surface area (Å²) in [6.45, 7) is 2.27. The SMILES string of the molecule is CC1CC=Cc2c1n(-c1nnc(-c3ccc4c(c3)-c3ccccc3P4(=O)c3ccccc3)n1-c1ccc3c(c1)-c1ccccc1P3(=O)c1ccccc1)c1ccccc21. The molecular weight excluding hydrogens is 763 g/mol. The Balaban J connectivity index is 1.13. The fourth-order valence-electron chi connectivity index (χ4n) is 9.87. The van der Waals surface area contributed by atoms with Crippen molar-refractivity contribution in [3.05, 3.63) is 187 Å². The van der Waals surface area contributed by atoms with E-state index in [9.17, 15) is 0 Å². The van der Waals surface area contributed by atoms with Crippen LogP contribution in [-0.2, 0) is 9.13 Å². The lowest BCUT2D eigenvalue weighted by Crippen LogP contribution is -2.20. The Hall–Kier alpha value is -6.58. The van der Waals surface area contributed by atoms with Gasteiger partial charge in [-0.1, -0.05) is 153 Å². The number of aromatic nitrogens is 4. The summed E-state index contributed by atoms with van der Waals surface area (Å²) in [6.07, 6.45) is 5.42. The van der Waals surface area contributed by atoms with E-state index in [1.807, 2.05) is 109 Å². The molecule has 8 heteroatoms. The minimum Gasteiger partial charge on any atom is -0.309 e. The number of rotatable bonds is 5. The average Bonchev–Trinajstić information content (AvgIpc) is 4.02. The predicted molar refractivity (Wildman–Crippen MR) is 242 cm³/mol. The highest BCUT2D eigenvalue weighted by molar-refractivity contribution is 7.87. The van der Waals surface area contributed by atoms with E-state index in [-0.39, 0.29) is 5.92 Å². The van der Waals surface area contributed by atoms with E-state index in [4.69, 9.17) is 10.2 Å². The fourth-order valence-corrected chi connectivity index (χ4v) is 16.0. The molecule has 0 amide bonds. The molecule has 9 aromatic rings. The highest BCUT2D eigenvalue weighted by Crippen LogP contribution is 2.54. The van der Waals surface area contributed by atoms with Gasteiger partial charge in [0.25, 0.3) is 0 Å². The third-order valence-corrected chi connectivity index (χ3v) is 18.8. The van der Waals surface area contributed by atoms with E-state index in [1.165, 1.54) is 16.6 Å². The smallest absolute Gasteiger partial charge is 0.241 e. The molecule has 7 aromatic carbocycles. The van der Waals surface area contributed by atoms with E-state index >= 15 is 9.13 Å². The summed E-state index contributed by atoms with van der Waals surface area (Å²) in [5.74, 6) is 1.57. The second-order valence-electron chi connectivity index (χ2n) is 15.7. The molecule has 0 bridgehead atoms. The van der Waals surface area contributed by atoms with Crippen LogP contribution in [0.2, 0.25) is 0 Å². The normalized spacial score (nSPS) is 19.6. The van der Waals surface area contributed by atoms with Crippen molar-refractivity contribution in [1.29, 1.82) is 0 Å². The zero-order valence-electron chi connectivity index (χ0n) is 32.1.